The molecule has 5 nitrogen and oxygen atoms in total. The Morgan fingerprint density at radius 1 is 1.22 bits per heavy atom. The molecular weight excluding hydrogens is 319 g/mol. The average Bonchev–Trinajstić information content (AvgIpc) is 3.31. The smallest absolute Gasteiger partial charge is 0.266 e. The lowest BCUT2D eigenvalue weighted by Crippen LogP contribution is -2.43. The van der Waals surface area contributed by atoms with Crippen LogP contribution in [-0.2, 0) is 14.8 Å². The number of benzene rings is 1. The number of nitrogens with zero attached hydrogens (tertiary/aromatic N) is 1. The first kappa shape index (κ1) is 16.4. The third-order valence-electron chi connectivity index (χ3n) is 4.58. The van der Waals surface area contributed by atoms with Crippen molar-refractivity contribution in [3.63, 3.8) is 0 Å². The van der Waals surface area contributed by atoms with Gasteiger partial charge < -0.3 is 4.90 Å². The third-order valence-corrected chi connectivity index (χ3v) is 5.96. The summed E-state index contributed by atoms with van der Waals surface area (Å²) < 4.78 is 40.3. The number of nitrogens with one attached hydrogen (secondary N) is 1. The highest BCUT2D eigenvalue weighted by Crippen LogP contribution is 2.31. The van der Waals surface area contributed by atoms with Crippen LogP contribution >= 0.6 is 0 Å². The Morgan fingerprint density at radius 2 is 1.87 bits per heavy atom. The number of amides is 1. The highest BCUT2D eigenvalue weighted by Gasteiger charge is 2.35. The summed E-state index contributed by atoms with van der Waals surface area (Å²) in [5.41, 5.74) is 0.625. The lowest BCUT2D eigenvalue weighted by Gasteiger charge is -2.31. The van der Waals surface area contributed by atoms with Crippen molar-refractivity contribution < 1.29 is 17.6 Å². The first-order chi connectivity index (χ1) is 10.9. The fourth-order valence-corrected chi connectivity index (χ4v) is 4.17. The van der Waals surface area contributed by atoms with Gasteiger partial charge in [-0.3, -0.25) is 4.79 Å². The van der Waals surface area contributed by atoms with Gasteiger partial charge in [-0.05, 0) is 63.4 Å². The summed E-state index contributed by atoms with van der Waals surface area (Å²) in [7, 11) is -4.16. The number of piperidine rings is 1. The largest absolute Gasteiger partial charge is 0.300 e. The van der Waals surface area contributed by atoms with E-state index in [-0.39, 0.29) is 5.92 Å². The molecule has 1 N–H and O–H groups in total. The van der Waals surface area contributed by atoms with Crippen molar-refractivity contribution in [2.24, 2.45) is 5.92 Å². The van der Waals surface area contributed by atoms with E-state index >= 15 is 0 Å². The Hall–Kier alpha value is -1.47. The molecule has 0 spiro atoms. The van der Waals surface area contributed by atoms with Gasteiger partial charge in [0, 0.05) is 12.0 Å². The summed E-state index contributed by atoms with van der Waals surface area (Å²) in [6, 6.07) is 4.50. The quantitative estimate of drug-likeness (QED) is 0.908. The van der Waals surface area contributed by atoms with Crippen LogP contribution in [0, 0.1) is 18.7 Å². The highest BCUT2D eigenvalue weighted by molar-refractivity contribution is 7.90. The van der Waals surface area contributed by atoms with E-state index in [0.29, 0.717) is 24.4 Å². The van der Waals surface area contributed by atoms with Gasteiger partial charge in [0.15, 0.2) is 0 Å². The Bertz CT molecular complexity index is 708. The van der Waals surface area contributed by atoms with Crippen molar-refractivity contribution in [1.29, 1.82) is 0 Å². The predicted molar refractivity (Wildman–Crippen MR) is 83.8 cm³/mol. The molecule has 126 valence electrons. The van der Waals surface area contributed by atoms with E-state index in [4.69, 9.17) is 0 Å². The minimum absolute atomic E-state index is 0.326. The van der Waals surface area contributed by atoms with E-state index < -0.39 is 26.6 Å². The maximum absolute atomic E-state index is 13.8. The maximum Gasteiger partial charge on any atom is 0.266 e. The molecule has 1 aliphatic heterocycles. The number of aryl methyl sites for hydroxylation is 1. The topological polar surface area (TPSA) is 66.5 Å². The molecule has 1 aliphatic carbocycles. The Kier molecular flexibility index (Phi) is 4.42. The van der Waals surface area contributed by atoms with Crippen molar-refractivity contribution in [1.82, 2.24) is 9.62 Å². The molecular formula is C16H21FN2O3S. The van der Waals surface area contributed by atoms with Gasteiger partial charge >= 0.3 is 0 Å². The molecule has 2 fully saturated rings. The van der Waals surface area contributed by atoms with Crippen molar-refractivity contribution >= 4 is 15.9 Å². The number of halogens is 1. The van der Waals surface area contributed by atoms with Crippen LogP contribution < -0.4 is 4.72 Å². The molecule has 0 unspecified atom stereocenters. The normalized spacial score (nSPS) is 20.4. The molecule has 0 bridgehead atoms. The monoisotopic (exact) mass is 340 g/mol. The van der Waals surface area contributed by atoms with Crippen molar-refractivity contribution in [3.05, 3.63) is 29.6 Å². The number of likely N-dealkylation sites (tertiary alicyclic amines) is 1. The summed E-state index contributed by atoms with van der Waals surface area (Å²) in [4.78, 5) is 14.1. The second-order valence-corrected chi connectivity index (χ2v) is 8.10. The SMILES string of the molecule is Cc1ccc(S(=O)(=O)NC(=O)C2CCN(C3CC3)CC2)c(F)c1. The molecule has 7 heteroatoms. The Labute approximate surface area is 135 Å². The number of hydrogen-bond donors (Lipinski definition) is 1. The minimum atomic E-state index is -4.16. The van der Waals surface area contributed by atoms with Gasteiger partial charge in [-0.1, -0.05) is 6.07 Å². The average molecular weight is 340 g/mol. The fourth-order valence-electron chi connectivity index (χ4n) is 3.06. The number of rotatable bonds is 4. The standard InChI is InChI=1S/C16H21FN2O3S/c1-11-2-5-15(14(17)10-11)23(21,22)18-16(20)12-6-8-19(9-7-12)13-3-4-13/h2,5,10,12-13H,3-4,6-9H2,1H3,(H,18,20). The molecule has 1 saturated heterocycles. The Balaban J connectivity index is 1.64. The lowest BCUT2D eigenvalue weighted by molar-refractivity contribution is -0.124. The Morgan fingerprint density at radius 3 is 2.43 bits per heavy atom. The summed E-state index contributed by atoms with van der Waals surface area (Å²) in [5.74, 6) is -1.69. The van der Waals surface area contributed by atoms with Crippen LogP contribution in [0.25, 0.3) is 0 Å². The van der Waals surface area contributed by atoms with Crippen LogP contribution in [0.5, 0.6) is 0 Å². The molecule has 23 heavy (non-hydrogen) atoms. The highest BCUT2D eigenvalue weighted by atomic mass is 32.2. The van der Waals surface area contributed by atoms with Gasteiger partial charge in [0.05, 0.1) is 0 Å². The molecule has 1 saturated carbocycles. The van der Waals surface area contributed by atoms with Crippen LogP contribution in [-0.4, -0.2) is 38.4 Å². The fraction of sp³-hybridized carbons (Fsp3) is 0.562. The first-order valence-corrected chi connectivity index (χ1v) is 9.42. The van der Waals surface area contributed by atoms with Crippen molar-refractivity contribution in [2.45, 2.75) is 43.5 Å². The van der Waals surface area contributed by atoms with Crippen molar-refractivity contribution in [2.75, 3.05) is 13.1 Å². The first-order valence-electron chi connectivity index (χ1n) is 7.94. The summed E-state index contributed by atoms with van der Waals surface area (Å²) in [5, 5.41) is 0. The maximum atomic E-state index is 13.8. The molecule has 1 heterocycles. The van der Waals surface area contributed by atoms with Gasteiger partial charge in [-0.25, -0.2) is 17.5 Å². The predicted octanol–water partition coefficient (Wildman–Crippen LogP) is 1.81. The third kappa shape index (κ3) is 3.72. The van der Waals surface area contributed by atoms with Crippen LogP contribution in [0.15, 0.2) is 23.1 Å². The number of sulfonamides is 1. The van der Waals surface area contributed by atoms with E-state index in [0.717, 1.165) is 19.2 Å². The van der Waals surface area contributed by atoms with E-state index in [1.165, 1.54) is 25.0 Å². The summed E-state index contributed by atoms with van der Waals surface area (Å²) in [6.07, 6.45) is 3.73. The van der Waals surface area contributed by atoms with Gasteiger partial charge in [0.1, 0.15) is 10.7 Å². The molecule has 1 aromatic rings. The van der Waals surface area contributed by atoms with E-state index in [1.807, 2.05) is 4.72 Å². The van der Waals surface area contributed by atoms with Gasteiger partial charge in [0.2, 0.25) is 5.91 Å². The van der Waals surface area contributed by atoms with E-state index in [2.05, 4.69) is 4.90 Å². The molecule has 0 radical (unpaired) electrons. The molecule has 2 aliphatic rings. The second kappa shape index (κ2) is 6.20. The van der Waals surface area contributed by atoms with Gasteiger partial charge in [0.25, 0.3) is 10.0 Å². The van der Waals surface area contributed by atoms with Crippen LogP contribution in [0.2, 0.25) is 0 Å². The van der Waals surface area contributed by atoms with E-state index in [1.54, 1.807) is 6.92 Å². The van der Waals surface area contributed by atoms with Crippen LogP contribution in [0.4, 0.5) is 4.39 Å². The number of hydrogen-bond acceptors (Lipinski definition) is 4. The van der Waals surface area contributed by atoms with E-state index in [9.17, 15) is 17.6 Å². The molecule has 1 aromatic carbocycles. The molecule has 1 amide bonds. The van der Waals surface area contributed by atoms with Crippen LogP contribution in [0.1, 0.15) is 31.2 Å². The lowest BCUT2D eigenvalue weighted by atomic mass is 9.96. The van der Waals surface area contributed by atoms with Gasteiger partial charge in [-0.2, -0.15) is 0 Å². The summed E-state index contributed by atoms with van der Waals surface area (Å²) >= 11 is 0. The number of carbonyl (C=O) groups excluding carboxylic acids is 1. The molecule has 3 rings (SSSR count). The molecule has 0 aromatic heterocycles. The zero-order valence-electron chi connectivity index (χ0n) is 13.1. The van der Waals surface area contributed by atoms with Crippen molar-refractivity contribution in [3.8, 4) is 0 Å². The summed E-state index contributed by atoms with van der Waals surface area (Å²) in [6.45, 7) is 3.31. The zero-order chi connectivity index (χ0) is 16.6. The second-order valence-electron chi connectivity index (χ2n) is 6.45. The van der Waals surface area contributed by atoms with Gasteiger partial charge in [-0.15, -0.1) is 0 Å². The zero-order valence-corrected chi connectivity index (χ0v) is 13.9. The minimum Gasteiger partial charge on any atom is -0.300 e. The number of carbonyl (C=O) groups is 1. The molecule has 0 atom stereocenters. The van der Waals surface area contributed by atoms with Crippen LogP contribution in [0.3, 0.4) is 0 Å².